The molecule has 0 radical (unpaired) electrons. The van der Waals surface area contributed by atoms with Gasteiger partial charge in [-0.25, -0.2) is 0 Å². The van der Waals surface area contributed by atoms with E-state index in [0.29, 0.717) is 16.7 Å². The van der Waals surface area contributed by atoms with Gasteiger partial charge >= 0.3 is 0 Å². The van der Waals surface area contributed by atoms with Gasteiger partial charge in [0.2, 0.25) is 0 Å². The van der Waals surface area contributed by atoms with E-state index in [1.807, 2.05) is 6.07 Å². The largest absolute Gasteiger partial charge is 0.492 e. The molecule has 2 aromatic rings. The Bertz CT molecular complexity index is 690. The van der Waals surface area contributed by atoms with Crippen LogP contribution in [0.5, 0.6) is 5.75 Å². The highest BCUT2D eigenvalue weighted by molar-refractivity contribution is 14.1. The third kappa shape index (κ3) is 3.25. The van der Waals surface area contributed by atoms with E-state index < -0.39 is 0 Å². The third-order valence-corrected chi connectivity index (χ3v) is 4.75. The molecule has 0 amide bonds. The normalized spacial score (nSPS) is 17.0. The van der Waals surface area contributed by atoms with Gasteiger partial charge in [0.15, 0.2) is 0 Å². The average molecular weight is 434 g/mol. The van der Waals surface area contributed by atoms with Crippen LogP contribution < -0.4 is 10.1 Å². The van der Waals surface area contributed by atoms with Crippen LogP contribution >= 0.6 is 45.8 Å². The first-order valence-electron chi connectivity index (χ1n) is 6.69. The van der Waals surface area contributed by atoms with Crippen LogP contribution in [0.4, 0.5) is 5.69 Å². The van der Waals surface area contributed by atoms with E-state index in [9.17, 15) is 0 Å². The van der Waals surface area contributed by atoms with Crippen LogP contribution in [0.1, 0.15) is 23.6 Å². The van der Waals surface area contributed by atoms with Crippen molar-refractivity contribution in [1.82, 2.24) is 0 Å². The second kappa shape index (κ2) is 6.23. The predicted octanol–water partition coefficient (Wildman–Crippen LogP) is 5.84. The topological polar surface area (TPSA) is 21.3 Å². The fraction of sp³-hybridized carbons (Fsp3) is 0.250. The molecule has 0 aliphatic carbocycles. The minimum atomic E-state index is 0.156. The molecule has 110 valence electrons. The number of fused-ring (bicyclic) bond motifs is 1. The van der Waals surface area contributed by atoms with Crippen LogP contribution in [0.3, 0.4) is 0 Å². The predicted molar refractivity (Wildman–Crippen MR) is 96.8 cm³/mol. The van der Waals surface area contributed by atoms with Crippen molar-refractivity contribution in [1.29, 1.82) is 0 Å². The monoisotopic (exact) mass is 433 g/mol. The average Bonchev–Trinajstić information content (AvgIpc) is 2.42. The van der Waals surface area contributed by atoms with E-state index in [0.717, 1.165) is 23.4 Å². The Balaban J connectivity index is 1.95. The lowest BCUT2D eigenvalue weighted by Gasteiger charge is -2.29. The standard InChI is InChI=1S/C16H14Cl2INO/c1-9-6-11(19)2-3-14(9)20-15-4-5-21-16-12(15)7-10(17)8-13(16)18/h2-3,6-8,15,20H,4-5H2,1H3. The molecule has 0 spiro atoms. The molecule has 0 saturated carbocycles. The molecule has 2 aromatic carbocycles. The smallest absolute Gasteiger partial charge is 0.143 e. The van der Waals surface area contributed by atoms with Gasteiger partial charge in [0.1, 0.15) is 5.75 Å². The number of anilines is 1. The lowest BCUT2D eigenvalue weighted by molar-refractivity contribution is 0.274. The van der Waals surface area contributed by atoms with E-state index in [1.165, 1.54) is 9.13 Å². The van der Waals surface area contributed by atoms with Crippen molar-refractivity contribution in [2.75, 3.05) is 11.9 Å². The molecule has 0 fully saturated rings. The van der Waals surface area contributed by atoms with Crippen molar-refractivity contribution in [2.45, 2.75) is 19.4 Å². The number of benzene rings is 2. The summed E-state index contributed by atoms with van der Waals surface area (Å²) in [6.07, 6.45) is 0.884. The molecule has 1 aliphatic rings. The first-order chi connectivity index (χ1) is 10.0. The van der Waals surface area contributed by atoms with Gasteiger partial charge in [-0.3, -0.25) is 0 Å². The maximum Gasteiger partial charge on any atom is 0.143 e. The summed E-state index contributed by atoms with van der Waals surface area (Å²) in [5, 5.41) is 4.79. The molecule has 1 N–H and O–H groups in total. The fourth-order valence-corrected chi connectivity index (χ4v) is 3.76. The van der Waals surface area contributed by atoms with E-state index in [-0.39, 0.29) is 6.04 Å². The van der Waals surface area contributed by atoms with Crippen molar-refractivity contribution >= 4 is 51.5 Å². The Morgan fingerprint density at radius 1 is 1.24 bits per heavy atom. The van der Waals surface area contributed by atoms with Crippen molar-refractivity contribution in [3.05, 3.63) is 55.1 Å². The Hall–Kier alpha value is -0.650. The molecule has 5 heteroatoms. The van der Waals surface area contributed by atoms with Gasteiger partial charge in [-0.2, -0.15) is 0 Å². The van der Waals surface area contributed by atoms with Crippen LogP contribution in [-0.2, 0) is 0 Å². The summed E-state index contributed by atoms with van der Waals surface area (Å²) in [7, 11) is 0. The maximum atomic E-state index is 6.23. The van der Waals surface area contributed by atoms with Crippen molar-refractivity contribution < 1.29 is 4.74 Å². The zero-order valence-electron chi connectivity index (χ0n) is 11.4. The SMILES string of the molecule is Cc1cc(I)ccc1NC1CCOc2c(Cl)cc(Cl)cc21. The van der Waals surface area contributed by atoms with Gasteiger partial charge in [-0.05, 0) is 65.4 Å². The van der Waals surface area contributed by atoms with Crippen molar-refractivity contribution in [3.8, 4) is 5.75 Å². The van der Waals surface area contributed by atoms with Gasteiger partial charge in [-0.15, -0.1) is 0 Å². The number of hydrogen-bond donors (Lipinski definition) is 1. The highest BCUT2D eigenvalue weighted by Gasteiger charge is 2.24. The lowest BCUT2D eigenvalue weighted by Crippen LogP contribution is -2.21. The molecule has 21 heavy (non-hydrogen) atoms. The number of halogens is 3. The maximum absolute atomic E-state index is 6.23. The number of hydrogen-bond acceptors (Lipinski definition) is 2. The highest BCUT2D eigenvalue weighted by Crippen LogP contribution is 2.41. The van der Waals surface area contributed by atoms with Gasteiger partial charge < -0.3 is 10.1 Å². The molecular formula is C16H14Cl2INO. The molecule has 1 heterocycles. The molecule has 3 rings (SSSR count). The molecule has 2 nitrogen and oxygen atoms in total. The first-order valence-corrected chi connectivity index (χ1v) is 8.52. The molecule has 1 unspecified atom stereocenters. The van der Waals surface area contributed by atoms with Crippen LogP contribution in [0.2, 0.25) is 10.0 Å². The van der Waals surface area contributed by atoms with Crippen LogP contribution in [-0.4, -0.2) is 6.61 Å². The Morgan fingerprint density at radius 2 is 2.05 bits per heavy atom. The second-order valence-electron chi connectivity index (χ2n) is 5.10. The minimum Gasteiger partial charge on any atom is -0.492 e. The molecular weight excluding hydrogens is 420 g/mol. The zero-order valence-corrected chi connectivity index (χ0v) is 15.1. The van der Waals surface area contributed by atoms with Gasteiger partial charge in [0.25, 0.3) is 0 Å². The van der Waals surface area contributed by atoms with Crippen molar-refractivity contribution in [2.24, 2.45) is 0 Å². The second-order valence-corrected chi connectivity index (χ2v) is 7.19. The summed E-state index contributed by atoms with van der Waals surface area (Å²) in [6, 6.07) is 10.2. The molecule has 0 aromatic heterocycles. The summed E-state index contributed by atoms with van der Waals surface area (Å²) in [4.78, 5) is 0. The van der Waals surface area contributed by atoms with Gasteiger partial charge in [0.05, 0.1) is 17.7 Å². The summed E-state index contributed by atoms with van der Waals surface area (Å²) >= 11 is 14.7. The number of rotatable bonds is 2. The van der Waals surface area contributed by atoms with Gasteiger partial charge in [-0.1, -0.05) is 23.2 Å². The van der Waals surface area contributed by atoms with Crippen LogP contribution in [0.25, 0.3) is 0 Å². The molecule has 0 saturated heterocycles. The lowest BCUT2D eigenvalue weighted by atomic mass is 9.99. The van der Waals surface area contributed by atoms with Gasteiger partial charge in [0, 0.05) is 26.3 Å². The Labute approximate surface area is 147 Å². The van der Waals surface area contributed by atoms with E-state index in [1.54, 1.807) is 6.07 Å². The fourth-order valence-electron chi connectivity index (χ4n) is 2.55. The number of aryl methyl sites for hydroxylation is 1. The number of ether oxygens (including phenoxy) is 1. The summed E-state index contributed by atoms with van der Waals surface area (Å²) < 4.78 is 6.93. The minimum absolute atomic E-state index is 0.156. The Kier molecular flexibility index (Phi) is 4.52. The van der Waals surface area contributed by atoms with E-state index >= 15 is 0 Å². The quantitative estimate of drug-likeness (QED) is 0.600. The summed E-state index contributed by atoms with van der Waals surface area (Å²) in [6.45, 7) is 2.76. The number of nitrogens with one attached hydrogen (secondary N) is 1. The first kappa shape index (κ1) is 15.3. The van der Waals surface area contributed by atoms with E-state index in [4.69, 9.17) is 27.9 Å². The molecule has 1 aliphatic heterocycles. The van der Waals surface area contributed by atoms with Crippen LogP contribution in [0.15, 0.2) is 30.3 Å². The van der Waals surface area contributed by atoms with Crippen molar-refractivity contribution in [3.63, 3.8) is 0 Å². The summed E-state index contributed by atoms with van der Waals surface area (Å²) in [5.74, 6) is 0.744. The van der Waals surface area contributed by atoms with E-state index in [2.05, 4.69) is 53.0 Å². The zero-order chi connectivity index (χ0) is 15.0. The third-order valence-electron chi connectivity index (χ3n) is 3.58. The van der Waals surface area contributed by atoms with Crippen LogP contribution in [0, 0.1) is 10.5 Å². The molecule has 1 atom stereocenters. The Morgan fingerprint density at radius 3 is 2.81 bits per heavy atom. The highest BCUT2D eigenvalue weighted by atomic mass is 127. The molecule has 0 bridgehead atoms. The summed E-state index contributed by atoms with van der Waals surface area (Å²) in [5.41, 5.74) is 3.38.